The summed E-state index contributed by atoms with van der Waals surface area (Å²) in [5.74, 6) is 2.91. The summed E-state index contributed by atoms with van der Waals surface area (Å²) in [7, 11) is 0. The topological polar surface area (TPSA) is 29.0 Å². The molecule has 102 valence electrons. The van der Waals surface area contributed by atoms with Crippen molar-refractivity contribution in [2.45, 2.75) is 46.5 Å². The first kappa shape index (κ1) is 15.2. The molecule has 0 atom stereocenters. The number of alkyl halides is 1. The zero-order valence-corrected chi connectivity index (χ0v) is 12.7. The SMILES string of the molecule is CCCCN(CCCl)c1cc(C)nc(C(C)C)n1. The molecule has 0 saturated heterocycles. The molecule has 0 N–H and O–H groups in total. The molecule has 0 radical (unpaired) electrons. The Morgan fingerprint density at radius 2 is 2.00 bits per heavy atom. The Balaban J connectivity index is 2.95. The third-order valence-corrected chi connectivity index (χ3v) is 3.00. The number of aromatic nitrogens is 2. The van der Waals surface area contributed by atoms with Crippen molar-refractivity contribution >= 4 is 17.4 Å². The molecule has 0 saturated carbocycles. The van der Waals surface area contributed by atoms with Crippen molar-refractivity contribution in [2.24, 2.45) is 0 Å². The fraction of sp³-hybridized carbons (Fsp3) is 0.714. The van der Waals surface area contributed by atoms with Crippen molar-refractivity contribution in [3.8, 4) is 0 Å². The van der Waals surface area contributed by atoms with Crippen molar-refractivity contribution in [3.63, 3.8) is 0 Å². The first-order valence-electron chi connectivity index (χ1n) is 6.75. The summed E-state index contributed by atoms with van der Waals surface area (Å²) in [4.78, 5) is 11.4. The number of hydrogen-bond donors (Lipinski definition) is 0. The summed E-state index contributed by atoms with van der Waals surface area (Å²) in [6.45, 7) is 10.3. The zero-order valence-electron chi connectivity index (χ0n) is 11.9. The quantitative estimate of drug-likeness (QED) is 0.706. The molecule has 0 spiro atoms. The highest BCUT2D eigenvalue weighted by Crippen LogP contribution is 2.17. The van der Waals surface area contributed by atoms with Gasteiger partial charge in [0, 0.05) is 36.6 Å². The predicted octanol–water partition coefficient (Wildman–Crippen LogP) is 3.75. The normalized spacial score (nSPS) is 11.0. The molecule has 1 heterocycles. The van der Waals surface area contributed by atoms with Crippen LogP contribution in [0.1, 0.15) is 51.0 Å². The van der Waals surface area contributed by atoms with Crippen molar-refractivity contribution in [1.29, 1.82) is 0 Å². The molecule has 18 heavy (non-hydrogen) atoms. The Kier molecular flexibility index (Phi) is 6.41. The van der Waals surface area contributed by atoms with Gasteiger partial charge in [0.2, 0.25) is 0 Å². The molecule has 1 aromatic rings. The lowest BCUT2D eigenvalue weighted by atomic mass is 10.2. The summed E-state index contributed by atoms with van der Waals surface area (Å²) in [6.07, 6.45) is 2.34. The molecule has 0 aromatic carbocycles. The van der Waals surface area contributed by atoms with E-state index < -0.39 is 0 Å². The van der Waals surface area contributed by atoms with Crippen molar-refractivity contribution < 1.29 is 0 Å². The van der Waals surface area contributed by atoms with E-state index in [-0.39, 0.29) is 0 Å². The first-order valence-corrected chi connectivity index (χ1v) is 7.28. The Bertz CT molecular complexity index is 366. The van der Waals surface area contributed by atoms with Crippen LogP contribution in [0.3, 0.4) is 0 Å². The number of aryl methyl sites for hydroxylation is 1. The third-order valence-electron chi connectivity index (χ3n) is 2.83. The summed E-state index contributed by atoms with van der Waals surface area (Å²) < 4.78 is 0. The molecular weight excluding hydrogens is 246 g/mol. The summed E-state index contributed by atoms with van der Waals surface area (Å²) >= 11 is 5.88. The molecule has 3 nitrogen and oxygen atoms in total. The minimum Gasteiger partial charge on any atom is -0.355 e. The van der Waals surface area contributed by atoms with E-state index in [4.69, 9.17) is 11.6 Å². The van der Waals surface area contributed by atoms with Gasteiger partial charge in [-0.15, -0.1) is 11.6 Å². The molecule has 0 bridgehead atoms. The van der Waals surface area contributed by atoms with E-state index in [1.54, 1.807) is 0 Å². The molecule has 1 rings (SSSR count). The van der Waals surface area contributed by atoms with E-state index in [0.717, 1.165) is 36.8 Å². The Labute approximate surface area is 116 Å². The Morgan fingerprint density at radius 3 is 2.56 bits per heavy atom. The lowest BCUT2D eigenvalue weighted by Gasteiger charge is -2.23. The van der Waals surface area contributed by atoms with Crippen LogP contribution in [0.5, 0.6) is 0 Å². The summed E-state index contributed by atoms with van der Waals surface area (Å²) in [6, 6.07) is 2.05. The minimum absolute atomic E-state index is 0.354. The smallest absolute Gasteiger partial charge is 0.133 e. The number of nitrogens with zero attached hydrogens (tertiary/aromatic N) is 3. The molecule has 0 unspecified atom stereocenters. The van der Waals surface area contributed by atoms with Crippen molar-refractivity contribution in [3.05, 3.63) is 17.6 Å². The van der Waals surface area contributed by atoms with Crippen LogP contribution in [0, 0.1) is 6.92 Å². The van der Waals surface area contributed by atoms with Gasteiger partial charge in [-0.1, -0.05) is 27.2 Å². The van der Waals surface area contributed by atoms with Gasteiger partial charge in [0.05, 0.1) is 0 Å². The molecule has 0 fully saturated rings. The second-order valence-electron chi connectivity index (χ2n) is 4.91. The van der Waals surface area contributed by atoms with Crippen molar-refractivity contribution in [1.82, 2.24) is 9.97 Å². The maximum absolute atomic E-state index is 5.88. The average molecular weight is 270 g/mol. The van der Waals surface area contributed by atoms with Crippen LogP contribution < -0.4 is 4.90 Å². The van der Waals surface area contributed by atoms with E-state index in [9.17, 15) is 0 Å². The average Bonchev–Trinajstić information content (AvgIpc) is 2.33. The molecule has 0 aliphatic carbocycles. The maximum atomic E-state index is 5.88. The van der Waals surface area contributed by atoms with E-state index in [0.29, 0.717) is 11.8 Å². The van der Waals surface area contributed by atoms with Crippen LogP contribution in [-0.2, 0) is 0 Å². The van der Waals surface area contributed by atoms with Gasteiger partial charge in [0.15, 0.2) is 0 Å². The molecule has 0 aliphatic heterocycles. The highest BCUT2D eigenvalue weighted by molar-refractivity contribution is 6.18. The molecule has 0 aliphatic rings. The van der Waals surface area contributed by atoms with E-state index in [1.807, 2.05) is 13.0 Å². The van der Waals surface area contributed by atoms with Gasteiger partial charge in [-0.3, -0.25) is 0 Å². The second-order valence-corrected chi connectivity index (χ2v) is 5.29. The lowest BCUT2D eigenvalue weighted by molar-refractivity contribution is 0.707. The van der Waals surface area contributed by atoms with E-state index in [2.05, 4.69) is 35.6 Å². The maximum Gasteiger partial charge on any atom is 0.133 e. The first-order chi connectivity index (χ1) is 8.58. The Morgan fingerprint density at radius 1 is 1.28 bits per heavy atom. The molecule has 4 heteroatoms. The summed E-state index contributed by atoms with van der Waals surface area (Å²) in [5, 5.41) is 0. The van der Waals surface area contributed by atoms with E-state index >= 15 is 0 Å². The number of hydrogen-bond acceptors (Lipinski definition) is 3. The number of halogens is 1. The van der Waals surface area contributed by atoms with Gasteiger partial charge in [-0.2, -0.15) is 0 Å². The number of anilines is 1. The standard InChI is InChI=1S/C14H24ClN3/c1-5-6-8-18(9-7-15)13-10-12(4)16-14(17-13)11(2)3/h10-11H,5-9H2,1-4H3. The zero-order chi connectivity index (χ0) is 13.5. The van der Waals surface area contributed by atoms with Crippen molar-refractivity contribution in [2.75, 3.05) is 23.9 Å². The van der Waals surface area contributed by atoms with Gasteiger partial charge < -0.3 is 4.90 Å². The fourth-order valence-corrected chi connectivity index (χ4v) is 1.99. The largest absolute Gasteiger partial charge is 0.355 e. The van der Waals surface area contributed by atoms with Gasteiger partial charge in [0.1, 0.15) is 11.6 Å². The fourth-order valence-electron chi connectivity index (χ4n) is 1.79. The van der Waals surface area contributed by atoms with Gasteiger partial charge in [-0.05, 0) is 13.3 Å². The monoisotopic (exact) mass is 269 g/mol. The Hall–Kier alpha value is -0.830. The number of rotatable bonds is 7. The molecular formula is C14H24ClN3. The highest BCUT2D eigenvalue weighted by Gasteiger charge is 2.11. The minimum atomic E-state index is 0.354. The lowest BCUT2D eigenvalue weighted by Crippen LogP contribution is -2.28. The molecule has 0 amide bonds. The summed E-state index contributed by atoms with van der Waals surface area (Å²) in [5.41, 5.74) is 1.03. The van der Waals surface area contributed by atoms with E-state index in [1.165, 1.54) is 6.42 Å². The molecule has 1 aromatic heterocycles. The van der Waals surface area contributed by atoms with Crippen LogP contribution in [0.4, 0.5) is 5.82 Å². The number of unbranched alkanes of at least 4 members (excludes halogenated alkanes) is 1. The van der Waals surface area contributed by atoms with Crippen LogP contribution in [0.2, 0.25) is 0 Å². The third kappa shape index (κ3) is 4.45. The van der Waals surface area contributed by atoms with Crippen LogP contribution >= 0.6 is 11.6 Å². The van der Waals surface area contributed by atoms with Gasteiger partial charge in [0.25, 0.3) is 0 Å². The predicted molar refractivity (Wildman–Crippen MR) is 78.7 cm³/mol. The highest BCUT2D eigenvalue weighted by atomic mass is 35.5. The van der Waals surface area contributed by atoms with Gasteiger partial charge >= 0.3 is 0 Å². The van der Waals surface area contributed by atoms with Crippen LogP contribution in [0.25, 0.3) is 0 Å². The van der Waals surface area contributed by atoms with Crippen LogP contribution in [0.15, 0.2) is 6.07 Å². The second kappa shape index (κ2) is 7.57. The van der Waals surface area contributed by atoms with Crippen LogP contribution in [-0.4, -0.2) is 28.9 Å². The van der Waals surface area contributed by atoms with Gasteiger partial charge in [-0.25, -0.2) is 9.97 Å².